The number of carbonyl (C=O) groups is 2. The summed E-state index contributed by atoms with van der Waals surface area (Å²) >= 11 is 7.71. The van der Waals surface area contributed by atoms with Crippen LogP contribution in [0.4, 0.5) is 0 Å². The molecule has 5 rings (SSSR count). The fraction of sp³-hybridized carbons (Fsp3) is 0.320. The summed E-state index contributed by atoms with van der Waals surface area (Å²) in [4.78, 5) is 33.8. The van der Waals surface area contributed by atoms with E-state index in [1.807, 2.05) is 36.9 Å². The number of amides is 2. The lowest BCUT2D eigenvalue weighted by molar-refractivity contribution is 0.0684. The van der Waals surface area contributed by atoms with Crippen LogP contribution < -0.4 is 5.32 Å². The highest BCUT2D eigenvalue weighted by Crippen LogP contribution is 2.48. The molecule has 1 saturated carbocycles. The first-order chi connectivity index (χ1) is 15.4. The molecule has 0 spiro atoms. The van der Waals surface area contributed by atoms with Crippen LogP contribution >= 0.6 is 22.9 Å². The van der Waals surface area contributed by atoms with Gasteiger partial charge in [-0.05, 0) is 50.3 Å². The predicted molar refractivity (Wildman–Crippen MR) is 127 cm³/mol. The zero-order chi connectivity index (χ0) is 22.4. The lowest BCUT2D eigenvalue weighted by atomic mass is 10.1. The number of nitrogens with one attached hydrogen (secondary N) is 1. The molecule has 1 saturated heterocycles. The Morgan fingerprint density at radius 1 is 1.16 bits per heavy atom. The van der Waals surface area contributed by atoms with Crippen molar-refractivity contribution in [3.63, 3.8) is 0 Å². The standard InChI is InChI=1S/C25H24ClN3O2S/c1-14-6-5-7-16(10-14)23-22(28-15(2)32-23)25(31)29-18(11-17-12-21(17)29)13-27-24(30)19-8-3-4-9-20(19)26/h3-10,17-18,21H,11-13H2,1-2H3,(H,27,30)/t17-,18+,21+/m1/s1. The van der Waals surface area contributed by atoms with Crippen molar-refractivity contribution < 1.29 is 9.59 Å². The van der Waals surface area contributed by atoms with E-state index in [2.05, 4.69) is 16.4 Å². The van der Waals surface area contributed by atoms with Crippen molar-refractivity contribution >= 4 is 34.8 Å². The minimum atomic E-state index is -0.214. The number of piperidine rings is 1. The van der Waals surface area contributed by atoms with Crippen LogP contribution in [0.25, 0.3) is 10.4 Å². The maximum Gasteiger partial charge on any atom is 0.274 e. The van der Waals surface area contributed by atoms with Crippen LogP contribution in [0.15, 0.2) is 48.5 Å². The van der Waals surface area contributed by atoms with Gasteiger partial charge in [-0.15, -0.1) is 11.3 Å². The van der Waals surface area contributed by atoms with E-state index < -0.39 is 0 Å². The highest BCUT2D eigenvalue weighted by atomic mass is 35.5. The number of hydrogen-bond acceptors (Lipinski definition) is 4. The van der Waals surface area contributed by atoms with Crippen molar-refractivity contribution in [3.05, 3.63) is 75.4 Å². The van der Waals surface area contributed by atoms with Gasteiger partial charge in [-0.25, -0.2) is 4.98 Å². The molecule has 1 aliphatic heterocycles. The fourth-order valence-corrected chi connectivity index (χ4v) is 5.81. The van der Waals surface area contributed by atoms with Crippen molar-refractivity contribution in [3.8, 4) is 10.4 Å². The smallest absolute Gasteiger partial charge is 0.274 e. The van der Waals surface area contributed by atoms with Crippen molar-refractivity contribution in [2.75, 3.05) is 6.54 Å². The largest absolute Gasteiger partial charge is 0.350 e. The first-order valence-corrected chi connectivity index (χ1v) is 12.0. The zero-order valence-corrected chi connectivity index (χ0v) is 19.5. The number of halogens is 1. The molecular weight excluding hydrogens is 442 g/mol. The molecule has 0 bridgehead atoms. The Morgan fingerprint density at radius 2 is 1.97 bits per heavy atom. The van der Waals surface area contributed by atoms with Crippen LogP contribution in [0.1, 0.15) is 44.3 Å². The van der Waals surface area contributed by atoms with E-state index in [4.69, 9.17) is 11.6 Å². The maximum atomic E-state index is 13.7. The molecule has 2 aromatic carbocycles. The Hall–Kier alpha value is -2.70. The van der Waals surface area contributed by atoms with E-state index in [0.29, 0.717) is 28.7 Å². The first-order valence-electron chi connectivity index (χ1n) is 10.8. The summed E-state index contributed by atoms with van der Waals surface area (Å²) in [5, 5.41) is 4.28. The van der Waals surface area contributed by atoms with Gasteiger partial charge >= 0.3 is 0 Å². The van der Waals surface area contributed by atoms with Crippen LogP contribution in [0.5, 0.6) is 0 Å². The van der Waals surface area contributed by atoms with E-state index in [9.17, 15) is 9.59 Å². The number of fused-ring (bicyclic) bond motifs is 1. The molecule has 0 unspecified atom stereocenters. The molecule has 2 fully saturated rings. The Labute approximate surface area is 196 Å². The molecular formula is C25H24ClN3O2S. The molecule has 2 heterocycles. The number of hydrogen-bond donors (Lipinski definition) is 1. The number of thiazole rings is 1. The quantitative estimate of drug-likeness (QED) is 0.569. The molecule has 32 heavy (non-hydrogen) atoms. The topological polar surface area (TPSA) is 62.3 Å². The normalized spacial score (nSPS) is 21.3. The lowest BCUT2D eigenvalue weighted by Crippen LogP contribution is -2.45. The van der Waals surface area contributed by atoms with Crippen LogP contribution in [-0.4, -0.2) is 40.3 Å². The third-order valence-electron chi connectivity index (χ3n) is 6.28. The molecule has 1 aliphatic carbocycles. The summed E-state index contributed by atoms with van der Waals surface area (Å²) < 4.78 is 0. The Bertz CT molecular complexity index is 1210. The molecule has 164 valence electrons. The molecule has 2 amide bonds. The Morgan fingerprint density at radius 3 is 2.75 bits per heavy atom. The van der Waals surface area contributed by atoms with E-state index in [1.165, 1.54) is 0 Å². The number of aryl methyl sites for hydroxylation is 2. The predicted octanol–water partition coefficient (Wildman–Crippen LogP) is 5.11. The van der Waals surface area contributed by atoms with Crippen molar-refractivity contribution in [1.29, 1.82) is 0 Å². The minimum absolute atomic E-state index is 0.0344. The molecule has 0 radical (unpaired) electrons. The minimum Gasteiger partial charge on any atom is -0.350 e. The number of likely N-dealkylation sites (tertiary alicyclic amines) is 1. The highest BCUT2D eigenvalue weighted by molar-refractivity contribution is 7.15. The second-order valence-corrected chi connectivity index (χ2v) is 10.2. The summed E-state index contributed by atoms with van der Waals surface area (Å²) in [5.74, 6) is 0.268. The molecule has 7 heteroatoms. The Balaban J connectivity index is 1.37. The van der Waals surface area contributed by atoms with Gasteiger partial charge in [0.25, 0.3) is 11.8 Å². The van der Waals surface area contributed by atoms with Gasteiger partial charge < -0.3 is 10.2 Å². The monoisotopic (exact) mass is 465 g/mol. The van der Waals surface area contributed by atoms with Crippen molar-refractivity contribution in [2.24, 2.45) is 5.92 Å². The number of carbonyl (C=O) groups excluding carboxylic acids is 2. The maximum absolute atomic E-state index is 13.7. The fourth-order valence-electron chi connectivity index (χ4n) is 4.68. The third-order valence-corrected chi connectivity index (χ3v) is 7.63. The van der Waals surface area contributed by atoms with Gasteiger partial charge in [-0.3, -0.25) is 9.59 Å². The molecule has 3 atom stereocenters. The summed E-state index contributed by atoms with van der Waals surface area (Å²) in [7, 11) is 0. The lowest BCUT2D eigenvalue weighted by Gasteiger charge is -2.27. The van der Waals surface area contributed by atoms with Crippen LogP contribution in [0.3, 0.4) is 0 Å². The van der Waals surface area contributed by atoms with E-state index in [-0.39, 0.29) is 23.9 Å². The number of nitrogens with zero attached hydrogens (tertiary/aromatic N) is 2. The number of aromatic nitrogens is 1. The van der Waals surface area contributed by atoms with Gasteiger partial charge in [0, 0.05) is 12.6 Å². The molecule has 1 aromatic heterocycles. The summed E-state index contributed by atoms with van der Waals surface area (Å²) in [6.07, 6.45) is 1.94. The average molecular weight is 466 g/mol. The van der Waals surface area contributed by atoms with Gasteiger partial charge in [0.2, 0.25) is 0 Å². The van der Waals surface area contributed by atoms with Gasteiger partial charge in [-0.1, -0.05) is 53.6 Å². The number of rotatable bonds is 5. The molecule has 5 nitrogen and oxygen atoms in total. The van der Waals surface area contributed by atoms with Crippen molar-refractivity contribution in [1.82, 2.24) is 15.2 Å². The molecule has 1 N–H and O–H groups in total. The summed E-state index contributed by atoms with van der Waals surface area (Å²) in [6.45, 7) is 4.39. The second kappa shape index (κ2) is 8.34. The molecule has 2 aliphatic rings. The summed E-state index contributed by atoms with van der Waals surface area (Å²) in [5.41, 5.74) is 3.14. The highest BCUT2D eigenvalue weighted by Gasteiger charge is 2.54. The van der Waals surface area contributed by atoms with Crippen molar-refractivity contribution in [2.45, 2.75) is 38.8 Å². The van der Waals surface area contributed by atoms with E-state index in [1.54, 1.807) is 35.6 Å². The molecule has 3 aromatic rings. The number of benzene rings is 2. The van der Waals surface area contributed by atoms with Crippen LogP contribution in [-0.2, 0) is 0 Å². The first kappa shape index (κ1) is 21.2. The Kier molecular flexibility index (Phi) is 5.51. The van der Waals surface area contributed by atoms with E-state index in [0.717, 1.165) is 33.9 Å². The van der Waals surface area contributed by atoms with Gasteiger partial charge in [0.15, 0.2) is 0 Å². The zero-order valence-electron chi connectivity index (χ0n) is 18.0. The van der Waals surface area contributed by atoms with Gasteiger partial charge in [0.1, 0.15) is 5.69 Å². The van der Waals surface area contributed by atoms with Crippen LogP contribution in [0, 0.1) is 19.8 Å². The average Bonchev–Trinajstić information content (AvgIpc) is 3.26. The van der Waals surface area contributed by atoms with Gasteiger partial charge in [0.05, 0.1) is 26.5 Å². The summed E-state index contributed by atoms with van der Waals surface area (Å²) in [6, 6.07) is 15.4. The SMILES string of the molecule is Cc1cccc(-c2sc(C)nc2C(=O)N2[C@H](CNC(=O)c3ccccc3Cl)C[C@@H]3C[C@@H]32)c1. The van der Waals surface area contributed by atoms with Gasteiger partial charge in [-0.2, -0.15) is 0 Å². The second-order valence-electron chi connectivity index (χ2n) is 8.64. The third kappa shape index (κ3) is 3.93. The van der Waals surface area contributed by atoms with E-state index >= 15 is 0 Å². The van der Waals surface area contributed by atoms with Crippen LogP contribution in [0.2, 0.25) is 5.02 Å².